The van der Waals surface area contributed by atoms with Gasteiger partial charge in [-0.15, -0.1) is 0 Å². The van der Waals surface area contributed by atoms with Gasteiger partial charge in [0.05, 0.1) is 12.0 Å². The molecule has 1 aliphatic rings. The molecular formula is C24H31NO4S. The molecule has 3 rings (SSSR count). The molecule has 0 spiro atoms. The second kappa shape index (κ2) is 8.60. The minimum Gasteiger partial charge on any atom is -0.585 e. The van der Waals surface area contributed by atoms with Crippen molar-refractivity contribution in [1.29, 1.82) is 0 Å². The maximum Gasteiger partial charge on any atom is 0.339 e. The number of carbonyl (C=O) groups is 2. The van der Waals surface area contributed by atoms with Crippen LogP contribution in [-0.2, 0) is 29.0 Å². The number of rotatable bonds is 6. The maximum absolute atomic E-state index is 12.7. The summed E-state index contributed by atoms with van der Waals surface area (Å²) in [6.07, 6.45) is 1.47. The summed E-state index contributed by atoms with van der Waals surface area (Å²) >= 11 is -1.84. The number of hydrogen-bond acceptors (Lipinski definition) is 4. The van der Waals surface area contributed by atoms with Crippen molar-refractivity contribution in [3.05, 3.63) is 52.3 Å². The second-order valence-electron chi connectivity index (χ2n) is 9.31. The summed E-state index contributed by atoms with van der Waals surface area (Å²) in [7, 11) is 0. The summed E-state index contributed by atoms with van der Waals surface area (Å²) in [6.45, 7) is 12.2. The molecule has 1 atom stereocenters. The van der Waals surface area contributed by atoms with Crippen LogP contribution < -0.4 is 4.72 Å². The van der Waals surface area contributed by atoms with Crippen molar-refractivity contribution in [2.45, 2.75) is 77.7 Å². The molecule has 0 saturated heterocycles. The maximum atomic E-state index is 12.7. The van der Waals surface area contributed by atoms with E-state index in [0.717, 1.165) is 16.7 Å². The van der Waals surface area contributed by atoms with Gasteiger partial charge in [0.15, 0.2) is 5.78 Å². The third-order valence-electron chi connectivity index (χ3n) is 5.84. The fraction of sp³-hybridized carbons (Fsp3) is 0.500. The van der Waals surface area contributed by atoms with Gasteiger partial charge in [0.1, 0.15) is 17.1 Å². The highest BCUT2D eigenvalue weighted by Crippen LogP contribution is 2.37. The Morgan fingerprint density at radius 2 is 1.80 bits per heavy atom. The summed E-state index contributed by atoms with van der Waals surface area (Å²) in [5.74, 6) is 0.786. The van der Waals surface area contributed by atoms with Gasteiger partial charge >= 0.3 is 5.09 Å². The van der Waals surface area contributed by atoms with Gasteiger partial charge in [-0.1, -0.05) is 59.7 Å². The highest BCUT2D eigenvalue weighted by molar-refractivity contribution is 7.89. The molecule has 0 bridgehead atoms. The summed E-state index contributed by atoms with van der Waals surface area (Å²) in [6, 6.07) is 7.64. The number of fused-ring (bicyclic) bond motifs is 1. The zero-order valence-electron chi connectivity index (χ0n) is 18.6. The van der Waals surface area contributed by atoms with E-state index in [0.29, 0.717) is 24.2 Å². The van der Waals surface area contributed by atoms with Crippen LogP contribution in [0.15, 0.2) is 33.8 Å². The van der Waals surface area contributed by atoms with Crippen molar-refractivity contribution in [3.63, 3.8) is 0 Å². The summed E-state index contributed by atoms with van der Waals surface area (Å²) in [5, 5.41) is 0.126. The molecule has 1 N–H and O–H groups in total. The van der Waals surface area contributed by atoms with Crippen molar-refractivity contribution in [1.82, 2.24) is 4.72 Å². The Morgan fingerprint density at radius 3 is 2.37 bits per heavy atom. The topological polar surface area (TPSA) is 82.4 Å². The summed E-state index contributed by atoms with van der Waals surface area (Å²) in [4.78, 5) is 25.3. The Labute approximate surface area is 181 Å². The lowest BCUT2D eigenvalue weighted by atomic mass is 9.76. The number of hydrogen-bond donors (Lipinski definition) is 1. The van der Waals surface area contributed by atoms with E-state index in [9.17, 15) is 14.1 Å². The lowest BCUT2D eigenvalue weighted by Crippen LogP contribution is -2.32. The van der Waals surface area contributed by atoms with E-state index < -0.39 is 16.8 Å². The molecule has 5 nitrogen and oxygen atoms in total. The van der Waals surface area contributed by atoms with Gasteiger partial charge in [-0.25, -0.2) is 0 Å². The normalized spacial score (nSPS) is 16.6. The molecule has 0 aliphatic heterocycles. The third-order valence-corrected chi connectivity index (χ3v) is 6.82. The fourth-order valence-electron chi connectivity index (χ4n) is 4.04. The van der Waals surface area contributed by atoms with Crippen molar-refractivity contribution in [2.24, 2.45) is 5.41 Å². The lowest BCUT2D eigenvalue weighted by molar-refractivity contribution is -0.118. The van der Waals surface area contributed by atoms with Crippen LogP contribution in [0.1, 0.15) is 92.6 Å². The number of aryl methyl sites for hydroxylation is 1. The minimum absolute atomic E-state index is 0.00508. The van der Waals surface area contributed by atoms with Crippen LogP contribution in [0.5, 0.6) is 0 Å². The predicted molar refractivity (Wildman–Crippen MR) is 118 cm³/mol. The Balaban J connectivity index is 1.78. The van der Waals surface area contributed by atoms with Crippen LogP contribution in [0, 0.1) is 5.41 Å². The Kier molecular flexibility index (Phi) is 6.48. The molecule has 162 valence electrons. The molecule has 0 saturated carbocycles. The van der Waals surface area contributed by atoms with Crippen LogP contribution in [0.25, 0.3) is 0 Å². The molecule has 0 fully saturated rings. The molecular weight excluding hydrogens is 398 g/mol. The van der Waals surface area contributed by atoms with Crippen LogP contribution in [0.3, 0.4) is 0 Å². The molecule has 1 amide bonds. The quantitative estimate of drug-likeness (QED) is 0.651. The Morgan fingerprint density at radius 1 is 1.20 bits per heavy atom. The summed E-state index contributed by atoms with van der Waals surface area (Å²) < 4.78 is 21.0. The van der Waals surface area contributed by atoms with Crippen molar-refractivity contribution in [2.75, 3.05) is 0 Å². The van der Waals surface area contributed by atoms with E-state index in [-0.39, 0.29) is 35.0 Å². The first kappa shape index (κ1) is 22.6. The van der Waals surface area contributed by atoms with Crippen molar-refractivity contribution >= 4 is 23.1 Å². The molecule has 1 aromatic heterocycles. The number of Topliss-reactive ketones (excluding diaryl/α,β-unsaturated/α-hetero) is 1. The fourth-order valence-corrected chi connectivity index (χ4v) is 4.82. The van der Waals surface area contributed by atoms with Crippen LogP contribution in [0.2, 0.25) is 0 Å². The molecule has 1 heterocycles. The molecule has 2 aromatic rings. The number of ketones is 1. The van der Waals surface area contributed by atoms with Crippen LogP contribution >= 0.6 is 0 Å². The zero-order valence-corrected chi connectivity index (χ0v) is 19.4. The number of furan rings is 1. The second-order valence-corrected chi connectivity index (χ2v) is 10.5. The van der Waals surface area contributed by atoms with Gasteiger partial charge in [-0.05, 0) is 34.9 Å². The smallest absolute Gasteiger partial charge is 0.339 e. The average Bonchev–Trinajstić information content (AvgIpc) is 3.09. The van der Waals surface area contributed by atoms with Gasteiger partial charge in [-0.3, -0.25) is 9.59 Å². The molecule has 6 heteroatoms. The number of amides is 1. The zero-order chi connectivity index (χ0) is 22.2. The van der Waals surface area contributed by atoms with E-state index in [1.807, 2.05) is 32.0 Å². The van der Waals surface area contributed by atoms with E-state index >= 15 is 0 Å². The summed E-state index contributed by atoms with van der Waals surface area (Å²) in [5.41, 5.74) is 3.28. The molecule has 30 heavy (non-hydrogen) atoms. The first-order valence-corrected chi connectivity index (χ1v) is 11.7. The minimum atomic E-state index is -1.84. The van der Waals surface area contributed by atoms with Gasteiger partial charge in [-0.2, -0.15) is 4.72 Å². The molecule has 1 aromatic carbocycles. The van der Waals surface area contributed by atoms with E-state index in [2.05, 4.69) is 32.4 Å². The monoisotopic (exact) mass is 429 g/mol. The molecule has 0 radical (unpaired) electrons. The number of carbonyl (C=O) groups excluding carboxylic acids is 2. The standard InChI is InChI=1S/C24H31NO4S/c1-14(2)16-8-7-9-17(15(3)4)18(16)12-21(26)25-30(28)22-13-19-20(29-22)10-11-24(5,6)23(19)27/h7-9,13-15H,10-12H2,1-6H3,(H,25,26). The molecule has 1 aliphatic carbocycles. The van der Waals surface area contributed by atoms with E-state index in [1.54, 1.807) is 0 Å². The lowest BCUT2D eigenvalue weighted by Gasteiger charge is -2.26. The van der Waals surface area contributed by atoms with Gasteiger partial charge in [0.2, 0.25) is 0 Å². The van der Waals surface area contributed by atoms with Gasteiger partial charge < -0.3 is 8.97 Å². The largest absolute Gasteiger partial charge is 0.585 e. The Bertz CT molecular complexity index is 932. The van der Waals surface area contributed by atoms with Crippen molar-refractivity contribution < 1.29 is 18.6 Å². The first-order chi connectivity index (χ1) is 14.0. The predicted octanol–water partition coefficient (Wildman–Crippen LogP) is 5.06. The molecule has 1 unspecified atom stereocenters. The first-order valence-electron chi connectivity index (χ1n) is 10.5. The van der Waals surface area contributed by atoms with Crippen molar-refractivity contribution in [3.8, 4) is 0 Å². The van der Waals surface area contributed by atoms with Crippen LogP contribution in [-0.4, -0.2) is 16.2 Å². The highest BCUT2D eigenvalue weighted by Gasteiger charge is 2.38. The Hall–Kier alpha value is -2.05. The SMILES string of the molecule is CC(C)c1cccc(C(C)C)c1CC(=O)N[S+]([O-])c1cc2c(o1)CCC(C)(C)C2=O. The number of nitrogens with one attached hydrogen (secondary N) is 1. The van der Waals surface area contributed by atoms with Crippen LogP contribution in [0.4, 0.5) is 0 Å². The number of benzene rings is 1. The average molecular weight is 430 g/mol. The third kappa shape index (κ3) is 4.49. The van der Waals surface area contributed by atoms with Gasteiger partial charge in [0.25, 0.3) is 5.91 Å². The van der Waals surface area contributed by atoms with Gasteiger partial charge in [0, 0.05) is 17.9 Å². The van der Waals surface area contributed by atoms with E-state index in [1.165, 1.54) is 6.07 Å². The van der Waals surface area contributed by atoms with E-state index in [4.69, 9.17) is 4.42 Å². The highest BCUT2D eigenvalue weighted by atomic mass is 32.2.